The van der Waals surface area contributed by atoms with Crippen molar-refractivity contribution in [3.8, 4) is 0 Å². The molecule has 3 rings (SSSR count). The molecule has 0 unspecified atom stereocenters. The fourth-order valence-electron chi connectivity index (χ4n) is 2.38. The van der Waals surface area contributed by atoms with Crippen LogP contribution in [0.15, 0.2) is 48.5 Å². The van der Waals surface area contributed by atoms with Crippen molar-refractivity contribution in [3.05, 3.63) is 65.7 Å². The molecule has 0 aliphatic rings. The van der Waals surface area contributed by atoms with Crippen molar-refractivity contribution in [2.45, 2.75) is 12.3 Å². The van der Waals surface area contributed by atoms with Crippen LogP contribution in [0.2, 0.25) is 0 Å². The predicted molar refractivity (Wildman–Crippen MR) is 86.6 cm³/mol. The SMILES string of the molecule is Cn1c(CNS(=O)(=O)Cc2ccc(F)cc2)nc2ccccc21. The number of aromatic nitrogens is 2. The maximum absolute atomic E-state index is 12.9. The lowest BCUT2D eigenvalue weighted by molar-refractivity contribution is 0.576. The van der Waals surface area contributed by atoms with E-state index in [9.17, 15) is 12.8 Å². The van der Waals surface area contributed by atoms with Gasteiger partial charge in [0.15, 0.2) is 0 Å². The molecule has 1 aromatic heterocycles. The zero-order valence-corrected chi connectivity index (χ0v) is 13.3. The number of halogens is 1. The van der Waals surface area contributed by atoms with E-state index in [1.807, 2.05) is 35.9 Å². The fraction of sp³-hybridized carbons (Fsp3) is 0.188. The van der Waals surface area contributed by atoms with Gasteiger partial charge in [-0.3, -0.25) is 0 Å². The maximum atomic E-state index is 12.9. The molecule has 0 aliphatic carbocycles. The summed E-state index contributed by atoms with van der Waals surface area (Å²) in [6, 6.07) is 13.0. The number of para-hydroxylation sites is 2. The van der Waals surface area contributed by atoms with E-state index < -0.39 is 10.0 Å². The lowest BCUT2D eigenvalue weighted by Crippen LogP contribution is -2.26. The van der Waals surface area contributed by atoms with E-state index in [1.54, 1.807) is 0 Å². The Kier molecular flexibility index (Phi) is 4.14. The Bertz CT molecular complexity index is 934. The average molecular weight is 333 g/mol. The summed E-state index contributed by atoms with van der Waals surface area (Å²) in [4.78, 5) is 4.42. The minimum Gasteiger partial charge on any atom is -0.330 e. The van der Waals surface area contributed by atoms with Gasteiger partial charge in [0.25, 0.3) is 0 Å². The Morgan fingerprint density at radius 3 is 2.52 bits per heavy atom. The van der Waals surface area contributed by atoms with Crippen LogP contribution in [0.25, 0.3) is 11.0 Å². The number of aryl methyl sites for hydroxylation is 1. The lowest BCUT2D eigenvalue weighted by Gasteiger charge is -2.07. The van der Waals surface area contributed by atoms with Crippen LogP contribution in [0.4, 0.5) is 4.39 Å². The number of hydrogen-bond donors (Lipinski definition) is 1. The van der Waals surface area contributed by atoms with Crippen molar-refractivity contribution in [3.63, 3.8) is 0 Å². The van der Waals surface area contributed by atoms with Crippen molar-refractivity contribution >= 4 is 21.1 Å². The summed E-state index contributed by atoms with van der Waals surface area (Å²) in [6.45, 7) is 0.106. The van der Waals surface area contributed by atoms with Crippen LogP contribution in [-0.4, -0.2) is 18.0 Å². The molecule has 2 aromatic carbocycles. The summed E-state index contributed by atoms with van der Waals surface area (Å²) < 4.78 is 41.5. The molecule has 0 atom stereocenters. The predicted octanol–water partition coefficient (Wildman–Crippen LogP) is 2.33. The van der Waals surface area contributed by atoms with Crippen LogP contribution < -0.4 is 4.72 Å². The van der Waals surface area contributed by atoms with Gasteiger partial charge in [-0.1, -0.05) is 24.3 Å². The fourth-order valence-corrected chi connectivity index (χ4v) is 3.46. The van der Waals surface area contributed by atoms with E-state index in [1.165, 1.54) is 24.3 Å². The molecule has 0 radical (unpaired) electrons. The van der Waals surface area contributed by atoms with Crippen LogP contribution in [0.1, 0.15) is 11.4 Å². The summed E-state index contributed by atoms with van der Waals surface area (Å²) in [7, 11) is -1.68. The lowest BCUT2D eigenvalue weighted by atomic mass is 10.2. The van der Waals surface area contributed by atoms with Gasteiger partial charge in [-0.25, -0.2) is 22.5 Å². The zero-order chi connectivity index (χ0) is 16.4. The smallest absolute Gasteiger partial charge is 0.216 e. The quantitative estimate of drug-likeness (QED) is 0.779. The summed E-state index contributed by atoms with van der Waals surface area (Å²) in [6.07, 6.45) is 0. The molecule has 0 spiro atoms. The van der Waals surface area contributed by atoms with Gasteiger partial charge in [-0.2, -0.15) is 0 Å². The topological polar surface area (TPSA) is 64.0 Å². The number of nitrogens with one attached hydrogen (secondary N) is 1. The third-order valence-electron chi connectivity index (χ3n) is 3.60. The van der Waals surface area contributed by atoms with Gasteiger partial charge in [0.1, 0.15) is 11.6 Å². The highest BCUT2D eigenvalue weighted by Crippen LogP contribution is 2.14. The highest BCUT2D eigenvalue weighted by molar-refractivity contribution is 7.88. The summed E-state index contributed by atoms with van der Waals surface area (Å²) >= 11 is 0. The van der Waals surface area contributed by atoms with Gasteiger partial charge in [-0.05, 0) is 29.8 Å². The van der Waals surface area contributed by atoms with Crippen LogP contribution in [-0.2, 0) is 29.4 Å². The molecule has 5 nitrogen and oxygen atoms in total. The van der Waals surface area contributed by atoms with Crippen LogP contribution in [0.3, 0.4) is 0 Å². The molecule has 120 valence electrons. The molecule has 0 amide bonds. The van der Waals surface area contributed by atoms with Gasteiger partial charge in [0.2, 0.25) is 10.0 Å². The first-order chi connectivity index (χ1) is 10.9. The molecule has 7 heteroatoms. The first-order valence-electron chi connectivity index (χ1n) is 7.07. The Morgan fingerprint density at radius 1 is 1.13 bits per heavy atom. The highest BCUT2D eigenvalue weighted by atomic mass is 32.2. The van der Waals surface area contributed by atoms with Gasteiger partial charge in [-0.15, -0.1) is 0 Å². The second-order valence-corrected chi connectivity index (χ2v) is 7.09. The van der Waals surface area contributed by atoms with Crippen molar-refractivity contribution in [1.29, 1.82) is 0 Å². The number of fused-ring (bicyclic) bond motifs is 1. The molecule has 0 saturated carbocycles. The van der Waals surface area contributed by atoms with Crippen molar-refractivity contribution in [2.75, 3.05) is 0 Å². The molecule has 3 aromatic rings. The number of benzene rings is 2. The molecule has 0 aliphatic heterocycles. The third kappa shape index (κ3) is 3.57. The van der Waals surface area contributed by atoms with Gasteiger partial charge >= 0.3 is 0 Å². The van der Waals surface area contributed by atoms with E-state index in [2.05, 4.69) is 9.71 Å². The minimum absolute atomic E-state index is 0.106. The second-order valence-electron chi connectivity index (χ2n) is 5.28. The normalized spacial score (nSPS) is 11.9. The molecule has 23 heavy (non-hydrogen) atoms. The van der Waals surface area contributed by atoms with E-state index in [-0.39, 0.29) is 18.1 Å². The maximum Gasteiger partial charge on any atom is 0.216 e. The van der Waals surface area contributed by atoms with Gasteiger partial charge < -0.3 is 4.57 Å². The van der Waals surface area contributed by atoms with Crippen molar-refractivity contribution < 1.29 is 12.8 Å². The monoisotopic (exact) mass is 333 g/mol. The molecule has 1 N–H and O–H groups in total. The van der Waals surface area contributed by atoms with Gasteiger partial charge in [0, 0.05) is 7.05 Å². The van der Waals surface area contributed by atoms with Crippen molar-refractivity contribution in [2.24, 2.45) is 7.05 Å². The molecule has 1 heterocycles. The summed E-state index contributed by atoms with van der Waals surface area (Å²) in [5.41, 5.74) is 2.30. The van der Waals surface area contributed by atoms with E-state index in [0.29, 0.717) is 11.4 Å². The largest absolute Gasteiger partial charge is 0.330 e. The zero-order valence-electron chi connectivity index (χ0n) is 12.5. The number of hydrogen-bond acceptors (Lipinski definition) is 3. The van der Waals surface area contributed by atoms with Crippen LogP contribution in [0.5, 0.6) is 0 Å². The molecule has 0 fully saturated rings. The minimum atomic E-state index is -3.53. The molecule has 0 bridgehead atoms. The van der Waals surface area contributed by atoms with E-state index in [4.69, 9.17) is 0 Å². The van der Waals surface area contributed by atoms with Crippen LogP contribution >= 0.6 is 0 Å². The number of rotatable bonds is 5. The Labute approximate surface area is 133 Å². The molecular formula is C16H16FN3O2S. The van der Waals surface area contributed by atoms with Crippen molar-refractivity contribution in [1.82, 2.24) is 14.3 Å². The summed E-state index contributed by atoms with van der Waals surface area (Å²) in [5, 5.41) is 0. The number of imidazole rings is 1. The number of nitrogens with zero attached hydrogens (tertiary/aromatic N) is 2. The number of sulfonamides is 1. The van der Waals surface area contributed by atoms with Gasteiger partial charge in [0.05, 0.1) is 23.3 Å². The Hall–Kier alpha value is -2.25. The first kappa shape index (κ1) is 15.6. The second kappa shape index (κ2) is 6.10. The average Bonchev–Trinajstić information content (AvgIpc) is 2.84. The Balaban J connectivity index is 1.73. The highest BCUT2D eigenvalue weighted by Gasteiger charge is 2.14. The molecular weight excluding hydrogens is 317 g/mol. The van der Waals surface area contributed by atoms with E-state index in [0.717, 1.165) is 11.0 Å². The third-order valence-corrected chi connectivity index (χ3v) is 4.90. The Morgan fingerprint density at radius 2 is 1.83 bits per heavy atom. The van der Waals surface area contributed by atoms with E-state index >= 15 is 0 Å². The standard InChI is InChI=1S/C16H16FN3O2S/c1-20-15-5-3-2-4-14(15)19-16(20)10-18-23(21,22)11-12-6-8-13(17)9-7-12/h2-9,18H,10-11H2,1H3. The molecule has 0 saturated heterocycles. The summed E-state index contributed by atoms with van der Waals surface area (Å²) in [5.74, 6) is 0.0460. The van der Waals surface area contributed by atoms with Crippen LogP contribution in [0, 0.1) is 5.82 Å². The first-order valence-corrected chi connectivity index (χ1v) is 8.72.